The Bertz CT molecular complexity index is 562. The molecule has 0 radical (unpaired) electrons. The van der Waals surface area contributed by atoms with Gasteiger partial charge in [0.15, 0.2) is 12.2 Å². The minimum Gasteiger partial charge on any atom is -0.458 e. The van der Waals surface area contributed by atoms with E-state index in [4.69, 9.17) is 23.4 Å². The van der Waals surface area contributed by atoms with Crippen molar-refractivity contribution in [3.05, 3.63) is 11.6 Å². The Morgan fingerprint density at radius 3 is 2.08 bits per heavy atom. The fraction of sp³-hybridized carbons (Fsp3) is 0.789. The predicted molar refractivity (Wildman–Crippen MR) is 97.4 cm³/mol. The van der Waals surface area contributed by atoms with Gasteiger partial charge in [-0.25, -0.2) is 9.78 Å². The van der Waals surface area contributed by atoms with Crippen LogP contribution in [0.3, 0.4) is 0 Å². The van der Waals surface area contributed by atoms with Crippen molar-refractivity contribution < 1.29 is 28.2 Å². The quantitative estimate of drug-likeness (QED) is 0.477. The molecule has 26 heavy (non-hydrogen) atoms. The number of hydrogen-bond acceptors (Lipinski definition) is 7. The maximum atomic E-state index is 12.4. The van der Waals surface area contributed by atoms with Crippen LogP contribution in [0.25, 0.3) is 0 Å². The number of carbonyl (C=O) groups excluding carboxylic acids is 1. The number of nitrogens with zero attached hydrogens (tertiary/aromatic N) is 1. The van der Waals surface area contributed by atoms with Crippen LogP contribution in [0.4, 0.5) is 0 Å². The summed E-state index contributed by atoms with van der Waals surface area (Å²) >= 11 is 0. The second kappa shape index (κ2) is 9.37. The van der Waals surface area contributed by atoms with Crippen molar-refractivity contribution in [1.82, 2.24) is 4.98 Å². The molecule has 0 saturated carbocycles. The first kappa shape index (κ1) is 22.4. The van der Waals surface area contributed by atoms with E-state index in [0.717, 1.165) is 0 Å². The third kappa shape index (κ3) is 8.19. The molecule has 1 rings (SSSR count). The van der Waals surface area contributed by atoms with Crippen LogP contribution in [0.1, 0.15) is 78.2 Å². The molecule has 0 spiro atoms. The van der Waals surface area contributed by atoms with E-state index in [9.17, 15) is 4.79 Å². The standard InChI is InChI=1S/C19H33NO6/c1-9-22-14(23-10-2)12-11-13-20-15(16(21)25-18(3,4)5)17(24-13)26-19(6,7)8/h14H,9-12H2,1-8H3. The van der Waals surface area contributed by atoms with Crippen molar-refractivity contribution in [2.45, 2.75) is 85.7 Å². The minimum atomic E-state index is -0.635. The summed E-state index contributed by atoms with van der Waals surface area (Å²) in [5.41, 5.74) is -1.12. The zero-order valence-corrected chi connectivity index (χ0v) is 17.3. The first-order valence-corrected chi connectivity index (χ1v) is 9.10. The van der Waals surface area contributed by atoms with Gasteiger partial charge in [-0.05, 0) is 55.4 Å². The Labute approximate surface area is 156 Å². The summed E-state index contributed by atoms with van der Waals surface area (Å²) in [6.07, 6.45) is 0.674. The third-order valence-corrected chi connectivity index (χ3v) is 2.93. The first-order valence-electron chi connectivity index (χ1n) is 9.10. The Hall–Kier alpha value is -1.60. The van der Waals surface area contributed by atoms with Crippen LogP contribution >= 0.6 is 0 Å². The number of ether oxygens (including phenoxy) is 4. The van der Waals surface area contributed by atoms with Crippen molar-refractivity contribution in [3.8, 4) is 5.95 Å². The average molecular weight is 371 g/mol. The summed E-state index contributed by atoms with van der Waals surface area (Å²) in [6, 6.07) is 0. The SMILES string of the molecule is CCOC(CCc1nc(C(=O)OC(C)(C)C)c(OC(C)(C)C)o1)OCC. The van der Waals surface area contributed by atoms with Crippen molar-refractivity contribution in [2.75, 3.05) is 13.2 Å². The molecule has 0 N–H and O–H groups in total. The molecular formula is C19H33NO6. The molecule has 1 aromatic heterocycles. The van der Waals surface area contributed by atoms with Gasteiger partial charge >= 0.3 is 11.9 Å². The van der Waals surface area contributed by atoms with Crippen LogP contribution < -0.4 is 4.74 Å². The molecule has 0 aliphatic heterocycles. The molecule has 1 aromatic rings. The monoisotopic (exact) mass is 371 g/mol. The number of carbonyl (C=O) groups is 1. The van der Waals surface area contributed by atoms with Crippen LogP contribution in [0.5, 0.6) is 5.95 Å². The Balaban J connectivity index is 2.96. The van der Waals surface area contributed by atoms with Crippen molar-refractivity contribution in [1.29, 1.82) is 0 Å². The smallest absolute Gasteiger partial charge is 0.365 e. The van der Waals surface area contributed by atoms with Gasteiger partial charge in [-0.15, -0.1) is 0 Å². The molecular weight excluding hydrogens is 338 g/mol. The van der Waals surface area contributed by atoms with E-state index in [2.05, 4.69) is 4.98 Å². The number of hydrogen-bond donors (Lipinski definition) is 0. The molecule has 150 valence electrons. The van der Waals surface area contributed by atoms with E-state index in [0.29, 0.717) is 31.9 Å². The second-order valence-electron chi connectivity index (χ2n) is 7.84. The summed E-state index contributed by atoms with van der Waals surface area (Å²) in [5.74, 6) is -0.112. The van der Waals surface area contributed by atoms with Gasteiger partial charge in [0.25, 0.3) is 0 Å². The van der Waals surface area contributed by atoms with Crippen LogP contribution in [-0.4, -0.2) is 41.7 Å². The van der Waals surface area contributed by atoms with Gasteiger partial charge < -0.3 is 23.4 Å². The summed E-state index contributed by atoms with van der Waals surface area (Å²) in [5, 5.41) is 0. The van der Waals surface area contributed by atoms with Gasteiger partial charge in [0.1, 0.15) is 11.2 Å². The normalized spacial score (nSPS) is 12.5. The Morgan fingerprint density at radius 1 is 1.04 bits per heavy atom. The molecule has 7 nitrogen and oxygen atoms in total. The first-order chi connectivity index (χ1) is 11.9. The van der Waals surface area contributed by atoms with Crippen molar-refractivity contribution >= 4 is 5.97 Å². The van der Waals surface area contributed by atoms with Gasteiger partial charge in [-0.1, -0.05) is 0 Å². The summed E-state index contributed by atoms with van der Waals surface area (Å²) in [7, 11) is 0. The molecule has 0 aliphatic carbocycles. The molecule has 7 heteroatoms. The van der Waals surface area contributed by atoms with E-state index < -0.39 is 17.2 Å². The van der Waals surface area contributed by atoms with Crippen LogP contribution in [-0.2, 0) is 20.6 Å². The average Bonchev–Trinajstić information content (AvgIpc) is 2.84. The Kier molecular flexibility index (Phi) is 8.09. The minimum absolute atomic E-state index is 0.0502. The maximum Gasteiger partial charge on any atom is 0.365 e. The van der Waals surface area contributed by atoms with Gasteiger partial charge in [-0.3, -0.25) is 0 Å². The number of aryl methyl sites for hydroxylation is 1. The molecule has 0 aliphatic rings. The van der Waals surface area contributed by atoms with E-state index in [1.54, 1.807) is 20.8 Å². The summed E-state index contributed by atoms with van der Waals surface area (Å²) < 4.78 is 27.9. The molecule has 0 atom stereocenters. The molecule has 0 amide bonds. The van der Waals surface area contributed by atoms with Crippen molar-refractivity contribution in [3.63, 3.8) is 0 Å². The Morgan fingerprint density at radius 2 is 1.62 bits per heavy atom. The maximum absolute atomic E-state index is 12.4. The predicted octanol–water partition coefficient (Wildman–Crippen LogP) is 4.14. The molecule has 0 unspecified atom stereocenters. The fourth-order valence-corrected chi connectivity index (χ4v) is 2.09. The lowest BCUT2D eigenvalue weighted by atomic mass is 10.2. The van der Waals surface area contributed by atoms with Gasteiger partial charge in [0, 0.05) is 26.1 Å². The third-order valence-electron chi connectivity index (χ3n) is 2.93. The van der Waals surface area contributed by atoms with E-state index >= 15 is 0 Å². The van der Waals surface area contributed by atoms with Gasteiger partial charge in [0.2, 0.25) is 5.69 Å². The van der Waals surface area contributed by atoms with Gasteiger partial charge in [0.05, 0.1) is 0 Å². The highest BCUT2D eigenvalue weighted by Gasteiger charge is 2.29. The highest BCUT2D eigenvalue weighted by Crippen LogP contribution is 2.27. The fourth-order valence-electron chi connectivity index (χ4n) is 2.09. The lowest BCUT2D eigenvalue weighted by Crippen LogP contribution is -2.26. The van der Waals surface area contributed by atoms with Gasteiger partial charge in [-0.2, -0.15) is 0 Å². The summed E-state index contributed by atoms with van der Waals surface area (Å²) in [6.45, 7) is 15.9. The lowest BCUT2D eigenvalue weighted by Gasteiger charge is -2.21. The van der Waals surface area contributed by atoms with E-state index in [-0.39, 0.29) is 17.9 Å². The van der Waals surface area contributed by atoms with Crippen LogP contribution in [0, 0.1) is 0 Å². The topological polar surface area (TPSA) is 80.0 Å². The largest absolute Gasteiger partial charge is 0.458 e. The number of rotatable bonds is 9. The zero-order valence-electron chi connectivity index (χ0n) is 17.3. The lowest BCUT2D eigenvalue weighted by molar-refractivity contribution is -0.139. The molecule has 1 heterocycles. The van der Waals surface area contributed by atoms with E-state index in [1.807, 2.05) is 34.6 Å². The van der Waals surface area contributed by atoms with Crippen LogP contribution in [0.15, 0.2) is 4.42 Å². The highest BCUT2D eigenvalue weighted by atomic mass is 16.7. The van der Waals surface area contributed by atoms with Crippen molar-refractivity contribution in [2.24, 2.45) is 0 Å². The molecule has 0 saturated heterocycles. The summed E-state index contributed by atoms with van der Waals surface area (Å²) in [4.78, 5) is 16.7. The number of aromatic nitrogens is 1. The van der Waals surface area contributed by atoms with Crippen LogP contribution in [0.2, 0.25) is 0 Å². The zero-order chi connectivity index (χ0) is 20.0. The molecule has 0 fully saturated rings. The molecule has 0 aromatic carbocycles. The highest BCUT2D eigenvalue weighted by molar-refractivity contribution is 5.89. The molecule has 0 bridgehead atoms. The second-order valence-corrected chi connectivity index (χ2v) is 7.84. The van der Waals surface area contributed by atoms with E-state index in [1.165, 1.54) is 0 Å². The number of oxazole rings is 1. The number of esters is 1.